The molecule has 0 radical (unpaired) electrons. The summed E-state index contributed by atoms with van der Waals surface area (Å²) in [5.74, 6) is 0.0292. The van der Waals surface area contributed by atoms with Crippen molar-refractivity contribution in [2.75, 3.05) is 0 Å². The van der Waals surface area contributed by atoms with Crippen molar-refractivity contribution < 1.29 is 9.50 Å². The highest BCUT2D eigenvalue weighted by atomic mass is 19.1. The fraction of sp³-hybridized carbons (Fsp3) is 0. The first-order chi connectivity index (χ1) is 8.72. The van der Waals surface area contributed by atoms with Crippen LogP contribution >= 0.6 is 0 Å². The molecule has 0 spiro atoms. The molecule has 0 aliphatic carbocycles. The largest absolute Gasteiger partial charge is 0.508 e. The molecule has 0 bridgehead atoms. The van der Waals surface area contributed by atoms with Gasteiger partial charge in [0.05, 0.1) is 0 Å². The summed E-state index contributed by atoms with van der Waals surface area (Å²) >= 11 is 0. The second kappa shape index (κ2) is 4.15. The molecule has 3 aromatic rings. The van der Waals surface area contributed by atoms with Gasteiger partial charge in [-0.1, -0.05) is 30.3 Å². The summed E-state index contributed by atoms with van der Waals surface area (Å²) in [5.41, 5.74) is 2.01. The van der Waals surface area contributed by atoms with Gasteiger partial charge in [0.25, 0.3) is 0 Å². The van der Waals surface area contributed by atoms with E-state index in [1.807, 2.05) is 24.3 Å². The van der Waals surface area contributed by atoms with Crippen LogP contribution in [0.2, 0.25) is 0 Å². The molecule has 0 atom stereocenters. The highest BCUT2D eigenvalue weighted by Crippen LogP contribution is 2.26. The van der Waals surface area contributed by atoms with Crippen LogP contribution in [-0.4, -0.2) is 5.11 Å². The van der Waals surface area contributed by atoms with Crippen LogP contribution in [0.15, 0.2) is 60.7 Å². The molecule has 0 heterocycles. The number of phenols is 1. The van der Waals surface area contributed by atoms with Gasteiger partial charge in [0.15, 0.2) is 0 Å². The van der Waals surface area contributed by atoms with E-state index >= 15 is 0 Å². The molecule has 0 aliphatic heterocycles. The van der Waals surface area contributed by atoms with E-state index in [-0.39, 0.29) is 11.6 Å². The minimum absolute atomic E-state index is 0.232. The van der Waals surface area contributed by atoms with Gasteiger partial charge in [-0.15, -0.1) is 0 Å². The molecule has 0 amide bonds. The van der Waals surface area contributed by atoms with Crippen LogP contribution in [0.5, 0.6) is 5.75 Å². The van der Waals surface area contributed by atoms with E-state index in [1.165, 1.54) is 12.1 Å². The van der Waals surface area contributed by atoms with E-state index in [2.05, 4.69) is 0 Å². The van der Waals surface area contributed by atoms with Crippen LogP contribution in [0.1, 0.15) is 0 Å². The van der Waals surface area contributed by atoms with Crippen molar-refractivity contribution in [1.29, 1.82) is 0 Å². The molecule has 0 unspecified atom stereocenters. The van der Waals surface area contributed by atoms with E-state index < -0.39 is 0 Å². The number of hydrogen-bond donors (Lipinski definition) is 1. The average molecular weight is 238 g/mol. The lowest BCUT2D eigenvalue weighted by Gasteiger charge is -2.04. The fourth-order valence-electron chi connectivity index (χ4n) is 2.06. The first-order valence-corrected chi connectivity index (χ1v) is 5.71. The van der Waals surface area contributed by atoms with Gasteiger partial charge in [-0.2, -0.15) is 0 Å². The number of hydrogen-bond acceptors (Lipinski definition) is 1. The Labute approximate surface area is 104 Å². The van der Waals surface area contributed by atoms with Gasteiger partial charge in [-0.05, 0) is 52.2 Å². The molecule has 3 rings (SSSR count). The number of aromatic hydroxyl groups is 1. The van der Waals surface area contributed by atoms with Crippen molar-refractivity contribution in [2.24, 2.45) is 0 Å². The molecular weight excluding hydrogens is 227 g/mol. The Hall–Kier alpha value is -2.35. The molecule has 0 saturated carbocycles. The number of rotatable bonds is 1. The van der Waals surface area contributed by atoms with Crippen LogP contribution in [-0.2, 0) is 0 Å². The zero-order valence-electron chi connectivity index (χ0n) is 9.60. The SMILES string of the molecule is Oc1ccc2cc(-c3ccc(F)cc3)ccc2c1. The third-order valence-electron chi connectivity index (χ3n) is 3.00. The van der Waals surface area contributed by atoms with E-state index in [4.69, 9.17) is 0 Å². The summed E-state index contributed by atoms with van der Waals surface area (Å²) in [5, 5.41) is 11.4. The Bertz CT molecular complexity index is 702. The van der Waals surface area contributed by atoms with E-state index in [1.54, 1.807) is 24.3 Å². The Kier molecular flexibility index (Phi) is 2.49. The van der Waals surface area contributed by atoms with E-state index in [9.17, 15) is 9.50 Å². The predicted molar refractivity (Wildman–Crippen MR) is 71.0 cm³/mol. The topological polar surface area (TPSA) is 20.2 Å². The second-order valence-corrected chi connectivity index (χ2v) is 4.25. The van der Waals surface area contributed by atoms with Gasteiger partial charge in [0.2, 0.25) is 0 Å². The normalized spacial score (nSPS) is 10.7. The zero-order chi connectivity index (χ0) is 12.5. The second-order valence-electron chi connectivity index (χ2n) is 4.25. The summed E-state index contributed by atoms with van der Waals surface area (Å²) in [4.78, 5) is 0. The van der Waals surface area contributed by atoms with Crippen LogP contribution in [0.4, 0.5) is 4.39 Å². The molecule has 88 valence electrons. The van der Waals surface area contributed by atoms with Crippen molar-refractivity contribution in [3.05, 3.63) is 66.5 Å². The van der Waals surface area contributed by atoms with Crippen LogP contribution in [0, 0.1) is 5.82 Å². The average Bonchev–Trinajstić information content (AvgIpc) is 2.39. The summed E-state index contributed by atoms with van der Waals surface area (Å²) in [6, 6.07) is 17.6. The van der Waals surface area contributed by atoms with Crippen molar-refractivity contribution in [3.8, 4) is 16.9 Å². The summed E-state index contributed by atoms with van der Waals surface area (Å²) in [7, 11) is 0. The van der Waals surface area contributed by atoms with Crippen LogP contribution < -0.4 is 0 Å². The van der Waals surface area contributed by atoms with Gasteiger partial charge in [-0.3, -0.25) is 0 Å². The standard InChI is InChI=1S/C16H11FO/c17-15-6-3-11(4-7-15)12-1-2-14-10-16(18)8-5-13(14)9-12/h1-10,18H. The van der Waals surface area contributed by atoms with E-state index in [0.717, 1.165) is 21.9 Å². The first kappa shape index (κ1) is 10.8. The lowest BCUT2D eigenvalue weighted by molar-refractivity contribution is 0.476. The highest BCUT2D eigenvalue weighted by molar-refractivity contribution is 5.88. The summed E-state index contributed by atoms with van der Waals surface area (Å²) in [6.07, 6.45) is 0. The Balaban J connectivity index is 2.13. The maximum atomic E-state index is 12.9. The maximum absolute atomic E-state index is 12.9. The quantitative estimate of drug-likeness (QED) is 0.668. The minimum Gasteiger partial charge on any atom is -0.508 e. The smallest absolute Gasteiger partial charge is 0.123 e. The van der Waals surface area contributed by atoms with Crippen LogP contribution in [0.3, 0.4) is 0 Å². The van der Waals surface area contributed by atoms with Crippen molar-refractivity contribution in [2.45, 2.75) is 0 Å². The Morgan fingerprint density at radius 1 is 0.667 bits per heavy atom. The number of fused-ring (bicyclic) bond motifs is 1. The van der Waals surface area contributed by atoms with Crippen molar-refractivity contribution in [3.63, 3.8) is 0 Å². The minimum atomic E-state index is -0.232. The molecule has 1 N–H and O–H groups in total. The molecular formula is C16H11FO. The van der Waals surface area contributed by atoms with Gasteiger partial charge < -0.3 is 5.11 Å². The third-order valence-corrected chi connectivity index (χ3v) is 3.00. The lowest BCUT2D eigenvalue weighted by atomic mass is 10.0. The monoisotopic (exact) mass is 238 g/mol. The summed E-state index contributed by atoms with van der Waals surface area (Å²) < 4.78 is 12.9. The Morgan fingerprint density at radius 3 is 2.06 bits per heavy atom. The van der Waals surface area contributed by atoms with Crippen molar-refractivity contribution in [1.82, 2.24) is 0 Å². The molecule has 0 aliphatic rings. The molecule has 0 saturated heterocycles. The maximum Gasteiger partial charge on any atom is 0.123 e. The molecule has 2 heteroatoms. The van der Waals surface area contributed by atoms with Crippen molar-refractivity contribution >= 4 is 10.8 Å². The number of phenolic OH excluding ortho intramolecular Hbond substituents is 1. The van der Waals surface area contributed by atoms with Gasteiger partial charge in [-0.25, -0.2) is 4.39 Å². The third kappa shape index (κ3) is 1.93. The molecule has 1 nitrogen and oxygen atoms in total. The highest BCUT2D eigenvalue weighted by Gasteiger charge is 2.01. The zero-order valence-corrected chi connectivity index (χ0v) is 9.60. The summed E-state index contributed by atoms with van der Waals surface area (Å²) in [6.45, 7) is 0. The van der Waals surface area contributed by atoms with E-state index in [0.29, 0.717) is 0 Å². The lowest BCUT2D eigenvalue weighted by Crippen LogP contribution is -1.80. The molecule has 0 fully saturated rings. The van der Waals surface area contributed by atoms with Gasteiger partial charge in [0.1, 0.15) is 11.6 Å². The first-order valence-electron chi connectivity index (χ1n) is 5.71. The predicted octanol–water partition coefficient (Wildman–Crippen LogP) is 4.35. The molecule has 3 aromatic carbocycles. The number of benzene rings is 3. The molecule has 0 aromatic heterocycles. The molecule has 18 heavy (non-hydrogen) atoms. The Morgan fingerprint density at radius 2 is 1.28 bits per heavy atom. The van der Waals surface area contributed by atoms with Gasteiger partial charge in [0, 0.05) is 0 Å². The van der Waals surface area contributed by atoms with Crippen LogP contribution in [0.25, 0.3) is 21.9 Å². The fourth-order valence-corrected chi connectivity index (χ4v) is 2.06. The number of halogens is 1. The van der Waals surface area contributed by atoms with Gasteiger partial charge >= 0.3 is 0 Å².